The number of allylic oxidation sites excluding steroid dienone is 2. The Hall–Kier alpha value is -3.38. The molecular weight excluding hydrogens is 606 g/mol. The third-order valence-electron chi connectivity index (χ3n) is 9.37. The third-order valence-corrected chi connectivity index (χ3v) is 9.37. The number of alkyl halides is 3. The van der Waals surface area contributed by atoms with Crippen molar-refractivity contribution in [2.75, 3.05) is 69.6 Å². The molecule has 0 radical (unpaired) electrons. The van der Waals surface area contributed by atoms with E-state index in [1.165, 1.54) is 6.07 Å². The number of unbranched alkanes of at least 4 members (excludes halogenated alkanes) is 1. The zero-order valence-corrected chi connectivity index (χ0v) is 28.2. The molecule has 0 bridgehead atoms. The van der Waals surface area contributed by atoms with Crippen LogP contribution in [0.3, 0.4) is 0 Å². The number of hydrogen-bond acceptors (Lipinski definition) is 7. The maximum atomic E-state index is 15.5. The van der Waals surface area contributed by atoms with E-state index in [0.29, 0.717) is 49.4 Å². The fourth-order valence-electron chi connectivity index (χ4n) is 6.43. The molecule has 47 heavy (non-hydrogen) atoms. The fraction of sp³-hybridized carbons (Fsp3) is 0.500. The quantitative estimate of drug-likeness (QED) is 0.187. The van der Waals surface area contributed by atoms with Crippen LogP contribution >= 0.6 is 0 Å². The Morgan fingerprint density at radius 1 is 1.02 bits per heavy atom. The summed E-state index contributed by atoms with van der Waals surface area (Å²) in [5, 5.41) is 3.17. The van der Waals surface area contributed by atoms with Crippen LogP contribution in [-0.4, -0.2) is 92.4 Å². The number of anilines is 2. The van der Waals surface area contributed by atoms with E-state index in [1.807, 2.05) is 31.2 Å². The second kappa shape index (κ2) is 16.1. The number of likely N-dealkylation sites (N-methyl/N-ethyl adjacent to an activating group) is 1. The standard InChI is InChI=1S/C36H51F4N7/c1-6-7-8-32(36(38,39)40)31(21-42)27(4)43-34-20-29(10-12-35(34)47-22-25(2)44(5)26(3)23-47)30-19-28(9-11-33(30)37)24-46-17-15-45(14-13-41)16-18-46/h8-12,19-21,25-26,43H,4,6-7,13-18,22-24,41-42H2,1-3,5H3/b31-21-,32-8+. The lowest BCUT2D eigenvalue weighted by Gasteiger charge is -2.44. The number of hydrogen-bond donors (Lipinski definition) is 3. The number of benzene rings is 2. The van der Waals surface area contributed by atoms with Crippen LogP contribution in [0.1, 0.15) is 39.2 Å². The van der Waals surface area contributed by atoms with Crippen molar-refractivity contribution in [3.05, 3.63) is 83.5 Å². The lowest BCUT2D eigenvalue weighted by molar-refractivity contribution is -0.0893. The molecule has 258 valence electrons. The molecule has 5 N–H and O–H groups in total. The highest BCUT2D eigenvalue weighted by Crippen LogP contribution is 2.39. The predicted molar refractivity (Wildman–Crippen MR) is 186 cm³/mol. The molecule has 2 aromatic carbocycles. The van der Waals surface area contributed by atoms with Crippen LogP contribution in [0.5, 0.6) is 0 Å². The first-order valence-corrected chi connectivity index (χ1v) is 16.6. The Morgan fingerprint density at radius 3 is 2.28 bits per heavy atom. The second-order valence-electron chi connectivity index (χ2n) is 12.8. The molecule has 0 spiro atoms. The summed E-state index contributed by atoms with van der Waals surface area (Å²) in [5.74, 6) is -0.370. The van der Waals surface area contributed by atoms with Gasteiger partial charge in [0.2, 0.25) is 0 Å². The highest BCUT2D eigenvalue weighted by atomic mass is 19.4. The van der Waals surface area contributed by atoms with Crippen LogP contribution in [-0.2, 0) is 6.54 Å². The summed E-state index contributed by atoms with van der Waals surface area (Å²) in [6.07, 6.45) is -1.70. The normalized spacial score (nSPS) is 20.9. The zero-order valence-electron chi connectivity index (χ0n) is 28.2. The van der Waals surface area contributed by atoms with Crippen molar-refractivity contribution < 1.29 is 17.6 Å². The first-order valence-electron chi connectivity index (χ1n) is 16.6. The maximum absolute atomic E-state index is 15.5. The smallest absolute Gasteiger partial charge is 0.404 e. The Labute approximate surface area is 277 Å². The molecule has 2 aliphatic rings. The lowest BCUT2D eigenvalue weighted by atomic mass is 9.98. The van der Waals surface area contributed by atoms with Gasteiger partial charge in [-0.2, -0.15) is 13.2 Å². The van der Waals surface area contributed by atoms with Gasteiger partial charge >= 0.3 is 6.18 Å². The highest BCUT2D eigenvalue weighted by Gasteiger charge is 2.37. The summed E-state index contributed by atoms with van der Waals surface area (Å²) >= 11 is 0. The molecule has 2 atom stereocenters. The SMILES string of the molecule is C=C(Nc1cc(-c2cc(CN3CCN(CCN)CC3)ccc2F)ccc1N1CC(C)N(C)C(C)C1)C(=C/N)/C(=C\CCC)C(F)(F)F. The number of rotatable bonds is 12. The zero-order chi connectivity index (χ0) is 34.3. The van der Waals surface area contributed by atoms with Crippen LogP contribution in [0.15, 0.2) is 72.1 Å². The summed E-state index contributed by atoms with van der Waals surface area (Å²) in [5.41, 5.74) is 13.9. The first kappa shape index (κ1) is 36.5. The Morgan fingerprint density at radius 2 is 1.68 bits per heavy atom. The molecule has 2 unspecified atom stereocenters. The molecule has 0 aromatic heterocycles. The average molecular weight is 658 g/mol. The van der Waals surface area contributed by atoms with E-state index in [1.54, 1.807) is 6.07 Å². The van der Waals surface area contributed by atoms with Gasteiger partial charge in [-0.1, -0.05) is 38.1 Å². The molecule has 2 heterocycles. The van der Waals surface area contributed by atoms with E-state index < -0.39 is 11.7 Å². The van der Waals surface area contributed by atoms with E-state index in [0.717, 1.165) is 56.3 Å². The average Bonchev–Trinajstić information content (AvgIpc) is 3.03. The summed E-state index contributed by atoms with van der Waals surface area (Å²) in [6, 6.07) is 11.3. The molecule has 4 rings (SSSR count). The van der Waals surface area contributed by atoms with Crippen LogP contribution in [0.25, 0.3) is 11.1 Å². The van der Waals surface area contributed by atoms with Crippen molar-refractivity contribution >= 4 is 11.4 Å². The number of piperazine rings is 2. The number of nitrogens with one attached hydrogen (secondary N) is 1. The van der Waals surface area contributed by atoms with Crippen LogP contribution in [0, 0.1) is 5.82 Å². The second-order valence-corrected chi connectivity index (χ2v) is 12.8. The van der Waals surface area contributed by atoms with Crippen molar-refractivity contribution in [3.8, 4) is 11.1 Å². The van der Waals surface area contributed by atoms with Crippen LogP contribution in [0.2, 0.25) is 0 Å². The summed E-state index contributed by atoms with van der Waals surface area (Å²) in [7, 11) is 2.09. The van der Waals surface area contributed by atoms with Gasteiger partial charge in [-0.15, -0.1) is 0 Å². The van der Waals surface area contributed by atoms with Crippen LogP contribution in [0.4, 0.5) is 28.9 Å². The highest BCUT2D eigenvalue weighted by molar-refractivity contribution is 5.81. The maximum Gasteiger partial charge on any atom is 0.416 e. The van der Waals surface area contributed by atoms with E-state index in [2.05, 4.69) is 52.4 Å². The molecule has 2 aliphatic heterocycles. The molecule has 7 nitrogen and oxygen atoms in total. The summed E-state index contributed by atoms with van der Waals surface area (Å²) in [6.45, 7) is 17.4. The minimum atomic E-state index is -4.61. The Bertz CT molecular complexity index is 1420. The summed E-state index contributed by atoms with van der Waals surface area (Å²) in [4.78, 5) is 9.22. The molecule has 2 aromatic rings. The van der Waals surface area contributed by atoms with Gasteiger partial charge in [-0.05, 0) is 62.7 Å². The van der Waals surface area contributed by atoms with E-state index in [9.17, 15) is 13.2 Å². The number of nitrogens with zero attached hydrogens (tertiary/aromatic N) is 4. The molecule has 2 fully saturated rings. The van der Waals surface area contributed by atoms with Crippen molar-refractivity contribution in [1.82, 2.24) is 14.7 Å². The Kier molecular flexibility index (Phi) is 12.5. The molecule has 11 heteroatoms. The minimum absolute atomic E-state index is 0.0174. The molecular formula is C36H51F4N7. The van der Waals surface area contributed by atoms with Gasteiger partial charge in [-0.25, -0.2) is 4.39 Å². The number of nitrogens with two attached hydrogens (primary N) is 2. The Balaban J connectivity index is 1.69. The predicted octanol–water partition coefficient (Wildman–Crippen LogP) is 6.15. The van der Waals surface area contributed by atoms with Crippen LogP contribution < -0.4 is 21.7 Å². The van der Waals surface area contributed by atoms with Gasteiger partial charge in [-0.3, -0.25) is 14.7 Å². The van der Waals surface area contributed by atoms with E-state index >= 15 is 4.39 Å². The van der Waals surface area contributed by atoms with E-state index in [-0.39, 0.29) is 35.6 Å². The van der Waals surface area contributed by atoms with Gasteiger partial charge in [0.15, 0.2) is 0 Å². The lowest BCUT2D eigenvalue weighted by Crippen LogP contribution is -2.55. The minimum Gasteiger partial charge on any atom is -0.404 e. The van der Waals surface area contributed by atoms with Gasteiger partial charge in [0, 0.05) is 94.0 Å². The molecule has 2 saturated heterocycles. The van der Waals surface area contributed by atoms with Crippen molar-refractivity contribution in [3.63, 3.8) is 0 Å². The molecule has 0 aliphatic carbocycles. The van der Waals surface area contributed by atoms with Gasteiger partial charge < -0.3 is 21.7 Å². The summed E-state index contributed by atoms with van der Waals surface area (Å²) < 4.78 is 57.9. The van der Waals surface area contributed by atoms with Gasteiger partial charge in [0.25, 0.3) is 0 Å². The monoisotopic (exact) mass is 657 g/mol. The van der Waals surface area contributed by atoms with Crippen molar-refractivity contribution in [2.24, 2.45) is 11.5 Å². The van der Waals surface area contributed by atoms with Crippen molar-refractivity contribution in [1.29, 1.82) is 0 Å². The third kappa shape index (κ3) is 9.16. The molecule has 0 saturated carbocycles. The van der Waals surface area contributed by atoms with E-state index in [4.69, 9.17) is 11.5 Å². The van der Waals surface area contributed by atoms with Gasteiger partial charge in [0.05, 0.1) is 16.9 Å². The largest absolute Gasteiger partial charge is 0.416 e. The van der Waals surface area contributed by atoms with Crippen molar-refractivity contribution in [2.45, 2.75) is 58.4 Å². The topological polar surface area (TPSA) is 77.0 Å². The fourth-order valence-corrected chi connectivity index (χ4v) is 6.43. The van der Waals surface area contributed by atoms with Gasteiger partial charge in [0.1, 0.15) is 5.82 Å². The molecule has 0 amide bonds. The first-order chi connectivity index (χ1) is 22.4. The number of halogens is 4.